The fraction of sp³-hybridized carbons (Fsp3) is 0.500. The van der Waals surface area contributed by atoms with E-state index in [9.17, 15) is 18.3 Å². The molecule has 2 aliphatic heterocycles. The lowest BCUT2D eigenvalue weighted by Crippen LogP contribution is -2.42. The molecule has 0 aliphatic carbocycles. The van der Waals surface area contributed by atoms with Gasteiger partial charge in [0, 0.05) is 38.2 Å². The quantitative estimate of drug-likeness (QED) is 0.811. The number of hydrogen-bond acceptors (Lipinski definition) is 6. The van der Waals surface area contributed by atoms with Crippen molar-refractivity contribution in [1.29, 1.82) is 0 Å². The molecule has 2 aromatic rings. The van der Waals surface area contributed by atoms with Gasteiger partial charge in [-0.2, -0.15) is 4.31 Å². The first-order valence-corrected chi connectivity index (χ1v) is 11.4. The fourth-order valence-corrected chi connectivity index (χ4v) is 5.50. The van der Waals surface area contributed by atoms with Crippen LogP contribution in [-0.4, -0.2) is 66.1 Å². The third kappa shape index (κ3) is 4.22. The van der Waals surface area contributed by atoms with Gasteiger partial charge in [-0.15, -0.1) is 0 Å². The number of carbonyl (C=O) groups is 1. The maximum absolute atomic E-state index is 12.7. The molecule has 2 fully saturated rings. The summed E-state index contributed by atoms with van der Waals surface area (Å²) < 4.78 is 32.3. The van der Waals surface area contributed by atoms with Crippen LogP contribution in [0.4, 0.5) is 0 Å². The molecule has 0 saturated carbocycles. The second kappa shape index (κ2) is 8.25. The number of aliphatic hydroxyl groups excluding tert-OH is 1. The Bertz CT molecular complexity index is 952. The fourth-order valence-electron chi connectivity index (χ4n) is 4.01. The summed E-state index contributed by atoms with van der Waals surface area (Å²) >= 11 is 0. The summed E-state index contributed by atoms with van der Waals surface area (Å²) in [6, 6.07) is 10.1. The summed E-state index contributed by atoms with van der Waals surface area (Å²) in [6.45, 7) is 1.71. The lowest BCUT2D eigenvalue weighted by molar-refractivity contribution is 0.0441. The van der Waals surface area contributed by atoms with Crippen LogP contribution in [0.25, 0.3) is 0 Å². The molecule has 9 heteroatoms. The van der Waals surface area contributed by atoms with Gasteiger partial charge < -0.3 is 14.5 Å². The average Bonchev–Trinajstić information content (AvgIpc) is 3.24. The molecule has 2 saturated heterocycles. The summed E-state index contributed by atoms with van der Waals surface area (Å²) in [6.07, 6.45) is 2.22. The number of aliphatic hydroxyl groups is 1. The number of hydrogen-bond donors (Lipinski definition) is 1. The molecular weight excluding hydrogens is 394 g/mol. The molecule has 156 valence electrons. The lowest BCUT2D eigenvalue weighted by Gasteiger charge is -2.30. The monoisotopic (exact) mass is 419 g/mol. The second-order valence-corrected chi connectivity index (χ2v) is 9.59. The van der Waals surface area contributed by atoms with Crippen molar-refractivity contribution in [2.45, 2.75) is 42.6 Å². The molecule has 0 unspecified atom stereocenters. The summed E-state index contributed by atoms with van der Waals surface area (Å²) in [5.41, 5.74) is 0.683. The van der Waals surface area contributed by atoms with E-state index in [2.05, 4.69) is 5.16 Å². The second-order valence-electron chi connectivity index (χ2n) is 7.65. The van der Waals surface area contributed by atoms with E-state index in [1.165, 1.54) is 4.31 Å². The minimum absolute atomic E-state index is 0.0504. The molecule has 1 atom stereocenters. The highest BCUT2D eigenvalue weighted by Gasteiger charge is 2.32. The third-order valence-corrected chi connectivity index (χ3v) is 7.59. The number of sulfonamides is 1. The van der Waals surface area contributed by atoms with Crippen molar-refractivity contribution < 1.29 is 22.8 Å². The number of rotatable bonds is 4. The third-order valence-electron chi connectivity index (χ3n) is 5.68. The maximum Gasteiger partial charge on any atom is 0.292 e. The number of piperidine rings is 2. The Hall–Kier alpha value is -2.23. The van der Waals surface area contributed by atoms with Gasteiger partial charge in [0.05, 0.1) is 16.7 Å². The van der Waals surface area contributed by atoms with E-state index in [1.54, 1.807) is 41.3 Å². The van der Waals surface area contributed by atoms with E-state index < -0.39 is 16.1 Å². The van der Waals surface area contributed by atoms with Crippen LogP contribution in [0.3, 0.4) is 0 Å². The molecule has 1 N–H and O–H groups in total. The van der Waals surface area contributed by atoms with Crippen molar-refractivity contribution in [3.63, 3.8) is 0 Å². The average molecular weight is 420 g/mol. The van der Waals surface area contributed by atoms with E-state index in [-0.39, 0.29) is 17.6 Å². The summed E-state index contributed by atoms with van der Waals surface area (Å²) in [7, 11) is -3.49. The molecule has 0 radical (unpaired) electrons. The van der Waals surface area contributed by atoms with Crippen molar-refractivity contribution in [2.75, 3.05) is 26.2 Å². The molecule has 8 nitrogen and oxygen atoms in total. The van der Waals surface area contributed by atoms with Crippen molar-refractivity contribution in [1.82, 2.24) is 14.4 Å². The largest absolute Gasteiger partial charge is 0.391 e. The van der Waals surface area contributed by atoms with Crippen LogP contribution in [0.15, 0.2) is 45.8 Å². The van der Waals surface area contributed by atoms with Crippen molar-refractivity contribution in [3.8, 4) is 0 Å². The van der Waals surface area contributed by atoms with Gasteiger partial charge in [-0.3, -0.25) is 4.79 Å². The smallest absolute Gasteiger partial charge is 0.292 e. The molecule has 0 bridgehead atoms. The van der Waals surface area contributed by atoms with Gasteiger partial charge in [-0.1, -0.05) is 23.4 Å². The van der Waals surface area contributed by atoms with Crippen LogP contribution < -0.4 is 0 Å². The number of β-amino-alcohol motifs (C(OH)–C–C–N with tert-alkyl or cyclic N) is 1. The van der Waals surface area contributed by atoms with E-state index >= 15 is 0 Å². The topological polar surface area (TPSA) is 104 Å². The van der Waals surface area contributed by atoms with Gasteiger partial charge in [0.15, 0.2) is 0 Å². The summed E-state index contributed by atoms with van der Waals surface area (Å²) in [4.78, 5) is 14.5. The molecule has 2 aliphatic rings. The van der Waals surface area contributed by atoms with Gasteiger partial charge in [0.1, 0.15) is 0 Å². The van der Waals surface area contributed by atoms with Gasteiger partial charge in [0.2, 0.25) is 15.8 Å². The first-order valence-electron chi connectivity index (χ1n) is 9.94. The van der Waals surface area contributed by atoms with Gasteiger partial charge >= 0.3 is 0 Å². The normalized spacial score (nSPS) is 22.0. The molecule has 1 aromatic heterocycles. The Morgan fingerprint density at radius 1 is 1.10 bits per heavy atom. The molecule has 3 heterocycles. The van der Waals surface area contributed by atoms with Gasteiger partial charge in [-0.05, 0) is 37.8 Å². The molecule has 29 heavy (non-hydrogen) atoms. The van der Waals surface area contributed by atoms with Crippen LogP contribution in [0.2, 0.25) is 0 Å². The van der Waals surface area contributed by atoms with Crippen LogP contribution in [-0.2, 0) is 10.0 Å². The standard InChI is InChI=1S/C20H25N3O5S/c24-16-5-4-10-22(14-16)20(25)19-13-18(21-28-19)15-8-11-23(12-9-15)29(26,27)17-6-2-1-3-7-17/h1-3,6-7,13,15-16,24H,4-5,8-12,14H2/t16-/m1/s1. The number of aromatic nitrogens is 1. The number of carbonyl (C=O) groups excluding carboxylic acids is 1. The van der Waals surface area contributed by atoms with E-state index in [1.807, 2.05) is 0 Å². The molecule has 1 amide bonds. The first-order chi connectivity index (χ1) is 13.9. The zero-order chi connectivity index (χ0) is 20.4. The van der Waals surface area contributed by atoms with Crippen LogP contribution in [0, 0.1) is 0 Å². The van der Waals surface area contributed by atoms with Crippen LogP contribution >= 0.6 is 0 Å². The summed E-state index contributed by atoms with van der Waals surface area (Å²) in [5.74, 6) is -0.0329. The number of benzene rings is 1. The van der Waals surface area contributed by atoms with Crippen molar-refractivity contribution in [3.05, 3.63) is 47.9 Å². The van der Waals surface area contributed by atoms with E-state index in [4.69, 9.17) is 4.52 Å². The minimum Gasteiger partial charge on any atom is -0.391 e. The Morgan fingerprint density at radius 2 is 1.83 bits per heavy atom. The highest BCUT2D eigenvalue weighted by molar-refractivity contribution is 7.89. The van der Waals surface area contributed by atoms with E-state index in [0.717, 1.165) is 6.42 Å². The van der Waals surface area contributed by atoms with Crippen LogP contribution in [0.5, 0.6) is 0 Å². The highest BCUT2D eigenvalue weighted by Crippen LogP contribution is 2.30. The number of nitrogens with zero attached hydrogens (tertiary/aromatic N) is 3. The molecule has 0 spiro atoms. The zero-order valence-electron chi connectivity index (χ0n) is 16.1. The number of likely N-dealkylation sites (tertiary alicyclic amines) is 1. The van der Waals surface area contributed by atoms with Gasteiger partial charge in [0.25, 0.3) is 5.91 Å². The highest BCUT2D eigenvalue weighted by atomic mass is 32.2. The molecule has 1 aromatic carbocycles. The predicted octanol–water partition coefficient (Wildman–Crippen LogP) is 1.84. The maximum atomic E-state index is 12.7. The predicted molar refractivity (Wildman–Crippen MR) is 105 cm³/mol. The Labute approximate surface area is 170 Å². The minimum atomic E-state index is -3.49. The Kier molecular flexibility index (Phi) is 5.71. The Morgan fingerprint density at radius 3 is 2.52 bits per heavy atom. The van der Waals surface area contributed by atoms with Crippen LogP contribution in [0.1, 0.15) is 47.8 Å². The molecule has 4 rings (SSSR count). The summed E-state index contributed by atoms with van der Waals surface area (Å²) in [5, 5.41) is 13.8. The lowest BCUT2D eigenvalue weighted by atomic mass is 9.94. The first kappa shape index (κ1) is 20.1. The Balaban J connectivity index is 1.39. The number of amides is 1. The van der Waals surface area contributed by atoms with Crippen molar-refractivity contribution >= 4 is 15.9 Å². The van der Waals surface area contributed by atoms with Gasteiger partial charge in [-0.25, -0.2) is 8.42 Å². The SMILES string of the molecule is O=C(c1cc(C2CCN(S(=O)(=O)c3ccccc3)CC2)no1)N1CCC[C@@H](O)C1. The molecular formula is C20H25N3O5S. The van der Waals surface area contributed by atoms with Crippen molar-refractivity contribution in [2.24, 2.45) is 0 Å². The zero-order valence-corrected chi connectivity index (χ0v) is 16.9. The van der Waals surface area contributed by atoms with E-state index in [0.29, 0.717) is 56.0 Å².